The molecule has 0 saturated heterocycles. The first-order valence-electron chi connectivity index (χ1n) is 7.08. The van der Waals surface area contributed by atoms with Gasteiger partial charge in [-0.15, -0.1) is 0 Å². The summed E-state index contributed by atoms with van der Waals surface area (Å²) in [5.74, 6) is -1.28. The number of aliphatic carboxylic acids is 1. The number of hydrogen-bond acceptors (Lipinski definition) is 5. The smallest absolute Gasteiger partial charge is 0.548 e. The molecule has 0 spiro atoms. The molecule has 2 aromatic heterocycles. The molecule has 0 aliphatic heterocycles. The summed E-state index contributed by atoms with van der Waals surface area (Å²) in [4.78, 5) is 31.2. The minimum atomic E-state index is -1.35. The minimum absolute atomic E-state index is 0. The summed E-state index contributed by atoms with van der Waals surface area (Å²) in [6.07, 6.45) is 1.60. The molecular weight excluding hydrogens is 387 g/mol. The number of aromatic nitrogens is 3. The van der Waals surface area contributed by atoms with Gasteiger partial charge in [-0.1, -0.05) is 11.6 Å². The monoisotopic (exact) mass is 400 g/mol. The third kappa shape index (κ3) is 5.33. The Morgan fingerprint density at radius 2 is 1.88 bits per heavy atom. The van der Waals surface area contributed by atoms with Gasteiger partial charge in [-0.3, -0.25) is 9.36 Å². The number of carboxylic acid groups (broad SMARTS) is 1. The number of imidazole rings is 1. The van der Waals surface area contributed by atoms with E-state index in [0.29, 0.717) is 22.0 Å². The van der Waals surface area contributed by atoms with E-state index in [4.69, 9.17) is 11.6 Å². The van der Waals surface area contributed by atoms with Gasteiger partial charge >= 0.3 is 51.4 Å². The van der Waals surface area contributed by atoms with Crippen molar-refractivity contribution in [2.24, 2.45) is 0 Å². The summed E-state index contributed by atoms with van der Waals surface area (Å²) in [5, 5.41) is 13.3. The standard InChI is InChI=1S/C16H13ClN4O3.K.H2O/c17-11-5-3-10(4-6-11)15-20-12-2-1-7-18-16(12)21(15)9-13(22)19-8-14(23)24;;/h1-7H,8-9H2,(H,19,22)(H,23,24);;1H2/q;+1;/p-1. The van der Waals surface area contributed by atoms with Gasteiger partial charge in [0.05, 0.1) is 12.5 Å². The molecule has 0 fully saturated rings. The van der Waals surface area contributed by atoms with Crippen LogP contribution < -0.4 is 61.8 Å². The number of carboxylic acids is 1. The van der Waals surface area contributed by atoms with Crippen LogP contribution in [0, 0.1) is 0 Å². The molecule has 3 N–H and O–H groups in total. The zero-order valence-corrected chi connectivity index (χ0v) is 17.8. The van der Waals surface area contributed by atoms with Crippen LogP contribution in [0.4, 0.5) is 0 Å². The fourth-order valence-electron chi connectivity index (χ4n) is 2.30. The maximum Gasteiger partial charge on any atom is 1.00 e. The second-order valence-electron chi connectivity index (χ2n) is 5.02. The van der Waals surface area contributed by atoms with E-state index >= 15 is 0 Å². The Balaban J connectivity index is 0.00000169. The number of amides is 1. The summed E-state index contributed by atoms with van der Waals surface area (Å²) < 4.78 is 1.63. The Morgan fingerprint density at radius 1 is 1.19 bits per heavy atom. The molecule has 0 unspecified atom stereocenters. The summed E-state index contributed by atoms with van der Waals surface area (Å²) in [5.41, 5.74) is 1.94. The number of fused-ring (bicyclic) bond motifs is 1. The largest absolute Gasteiger partial charge is 1.00 e. The number of rotatable bonds is 5. The normalized spacial score (nSPS) is 9.88. The first-order chi connectivity index (χ1) is 11.5. The number of nitrogens with one attached hydrogen (secondary N) is 1. The first kappa shape index (κ1) is 22.7. The molecule has 1 aromatic carbocycles. The molecule has 3 aromatic rings. The SMILES string of the molecule is O.O=C([O-])CNC(=O)Cn1c(-c2ccc(Cl)cc2)nc2cccnc21.[K+]. The molecule has 0 saturated carbocycles. The van der Waals surface area contributed by atoms with E-state index in [9.17, 15) is 14.7 Å². The zero-order valence-electron chi connectivity index (χ0n) is 13.9. The number of halogens is 1. The van der Waals surface area contributed by atoms with Crippen molar-refractivity contribution in [2.75, 3.05) is 6.54 Å². The van der Waals surface area contributed by atoms with Crippen LogP contribution in [0.1, 0.15) is 0 Å². The van der Waals surface area contributed by atoms with Crippen molar-refractivity contribution in [1.82, 2.24) is 19.9 Å². The van der Waals surface area contributed by atoms with Crippen LogP contribution in [0.15, 0.2) is 42.6 Å². The van der Waals surface area contributed by atoms with Crippen molar-refractivity contribution in [3.63, 3.8) is 0 Å². The maximum absolute atomic E-state index is 12.0. The molecule has 0 radical (unpaired) electrons. The predicted molar refractivity (Wildman–Crippen MR) is 89.6 cm³/mol. The molecule has 10 heteroatoms. The molecular formula is C16H14ClKN4O4. The van der Waals surface area contributed by atoms with Crippen molar-refractivity contribution in [3.8, 4) is 11.4 Å². The maximum atomic E-state index is 12.0. The van der Waals surface area contributed by atoms with E-state index in [0.717, 1.165) is 5.56 Å². The summed E-state index contributed by atoms with van der Waals surface area (Å²) >= 11 is 5.91. The van der Waals surface area contributed by atoms with Crippen molar-refractivity contribution in [3.05, 3.63) is 47.6 Å². The third-order valence-electron chi connectivity index (χ3n) is 3.34. The van der Waals surface area contributed by atoms with Crippen LogP contribution in [-0.2, 0) is 16.1 Å². The molecule has 26 heavy (non-hydrogen) atoms. The van der Waals surface area contributed by atoms with Gasteiger partial charge in [0.25, 0.3) is 0 Å². The van der Waals surface area contributed by atoms with Crippen molar-refractivity contribution >= 4 is 34.6 Å². The van der Waals surface area contributed by atoms with Crippen molar-refractivity contribution in [1.29, 1.82) is 0 Å². The summed E-state index contributed by atoms with van der Waals surface area (Å²) in [6, 6.07) is 10.6. The Morgan fingerprint density at radius 3 is 2.54 bits per heavy atom. The molecule has 0 atom stereocenters. The van der Waals surface area contributed by atoms with Crippen LogP contribution in [0.3, 0.4) is 0 Å². The van der Waals surface area contributed by atoms with Gasteiger partial charge in [0, 0.05) is 16.8 Å². The van der Waals surface area contributed by atoms with Gasteiger partial charge in [-0.2, -0.15) is 0 Å². The molecule has 0 aliphatic carbocycles. The van der Waals surface area contributed by atoms with Gasteiger partial charge in [0.2, 0.25) is 5.91 Å². The number of pyridine rings is 1. The van der Waals surface area contributed by atoms with E-state index in [1.807, 2.05) is 0 Å². The molecule has 8 nitrogen and oxygen atoms in total. The Bertz CT molecular complexity index is 914. The second kappa shape index (κ2) is 10.1. The van der Waals surface area contributed by atoms with E-state index in [2.05, 4.69) is 15.3 Å². The fourth-order valence-corrected chi connectivity index (χ4v) is 2.42. The topological polar surface area (TPSA) is 131 Å². The van der Waals surface area contributed by atoms with E-state index in [-0.39, 0.29) is 63.4 Å². The molecule has 1 amide bonds. The van der Waals surface area contributed by atoms with Crippen LogP contribution in [0.5, 0.6) is 0 Å². The van der Waals surface area contributed by atoms with Gasteiger partial charge in [-0.25, -0.2) is 9.97 Å². The predicted octanol–water partition coefficient (Wildman–Crippen LogP) is -3.20. The quantitative estimate of drug-likeness (QED) is 0.450. The van der Waals surface area contributed by atoms with Crippen molar-refractivity contribution < 1.29 is 71.6 Å². The fraction of sp³-hybridized carbons (Fsp3) is 0.125. The summed E-state index contributed by atoms with van der Waals surface area (Å²) in [7, 11) is 0. The van der Waals surface area contributed by atoms with Crippen LogP contribution in [-0.4, -0.2) is 38.4 Å². The van der Waals surface area contributed by atoms with Crippen LogP contribution in [0.2, 0.25) is 5.02 Å². The molecule has 2 heterocycles. The Labute approximate surface area is 196 Å². The number of hydrogen-bond donors (Lipinski definition) is 1. The zero-order chi connectivity index (χ0) is 17.1. The Kier molecular flexibility index (Phi) is 8.84. The van der Waals surface area contributed by atoms with Gasteiger partial charge in [0.15, 0.2) is 5.65 Å². The number of benzene rings is 1. The average Bonchev–Trinajstić information content (AvgIpc) is 2.92. The minimum Gasteiger partial charge on any atom is -0.548 e. The van der Waals surface area contributed by atoms with Crippen molar-refractivity contribution in [2.45, 2.75) is 6.54 Å². The molecule has 130 valence electrons. The number of carbonyl (C=O) groups excluding carboxylic acids is 2. The second-order valence-corrected chi connectivity index (χ2v) is 5.46. The van der Waals surface area contributed by atoms with E-state index in [1.54, 1.807) is 47.2 Å². The van der Waals surface area contributed by atoms with Gasteiger partial charge < -0.3 is 20.7 Å². The Hall–Kier alpha value is -1.33. The molecule has 0 aliphatic rings. The number of carbonyl (C=O) groups is 2. The van der Waals surface area contributed by atoms with Gasteiger partial charge in [0.1, 0.15) is 17.9 Å². The number of nitrogens with zero attached hydrogens (tertiary/aromatic N) is 3. The van der Waals surface area contributed by atoms with Crippen LogP contribution >= 0.6 is 11.6 Å². The summed E-state index contributed by atoms with van der Waals surface area (Å²) in [6.45, 7) is -0.659. The molecule has 3 rings (SSSR count). The van der Waals surface area contributed by atoms with Gasteiger partial charge in [-0.05, 0) is 36.4 Å². The third-order valence-corrected chi connectivity index (χ3v) is 3.59. The van der Waals surface area contributed by atoms with Crippen LogP contribution in [0.25, 0.3) is 22.6 Å². The molecule has 0 bridgehead atoms. The van der Waals surface area contributed by atoms with E-state index < -0.39 is 18.4 Å². The average molecular weight is 401 g/mol. The first-order valence-corrected chi connectivity index (χ1v) is 7.46. The van der Waals surface area contributed by atoms with E-state index in [1.165, 1.54) is 0 Å².